The van der Waals surface area contributed by atoms with Crippen molar-refractivity contribution in [1.82, 2.24) is 14.2 Å². The van der Waals surface area contributed by atoms with Crippen molar-refractivity contribution >= 4 is 42.6 Å². The Morgan fingerprint density at radius 2 is 1.68 bits per heavy atom. The molecule has 1 saturated heterocycles. The Balaban J connectivity index is 1.43. The molecule has 0 aliphatic carbocycles. The second-order valence-corrected chi connectivity index (χ2v) is 12.1. The fourth-order valence-corrected chi connectivity index (χ4v) is 7.18. The molecule has 2 aromatic carbocycles. The Bertz CT molecular complexity index is 1320. The van der Waals surface area contributed by atoms with Gasteiger partial charge in [0.2, 0.25) is 16.8 Å². The topological polar surface area (TPSA) is 92.3 Å². The number of amides is 1. The maximum atomic E-state index is 13.7. The van der Waals surface area contributed by atoms with Crippen LogP contribution < -0.4 is 14.4 Å². The second kappa shape index (κ2) is 10.9. The van der Waals surface area contributed by atoms with Crippen LogP contribution in [0.3, 0.4) is 0 Å². The minimum atomic E-state index is -3.56. The van der Waals surface area contributed by atoms with E-state index in [0.717, 1.165) is 42.6 Å². The van der Waals surface area contributed by atoms with Gasteiger partial charge in [0.1, 0.15) is 0 Å². The Kier molecular flexibility index (Phi) is 7.66. The molecule has 2 aliphatic rings. The highest BCUT2D eigenvalue weighted by molar-refractivity contribution is 7.89. The van der Waals surface area contributed by atoms with E-state index in [1.807, 2.05) is 12.1 Å². The molecule has 9 nitrogen and oxygen atoms in total. The maximum Gasteiger partial charge on any atom is 0.260 e. The summed E-state index contributed by atoms with van der Waals surface area (Å²) in [5.74, 6) is 1.11. The second-order valence-electron chi connectivity index (χ2n) is 9.14. The molecule has 3 heterocycles. The molecule has 1 aromatic heterocycles. The number of fused-ring (bicyclic) bond motifs is 2. The van der Waals surface area contributed by atoms with Gasteiger partial charge < -0.3 is 14.4 Å². The normalized spacial score (nSPS) is 16.0. The first-order valence-corrected chi connectivity index (χ1v) is 15.0. The van der Waals surface area contributed by atoms with Crippen LogP contribution in [0.5, 0.6) is 11.5 Å². The zero-order valence-electron chi connectivity index (χ0n) is 21.2. The molecular weight excluding hydrogens is 512 g/mol. The number of thiazole rings is 1. The third-order valence-electron chi connectivity index (χ3n) is 6.94. The molecule has 0 N–H and O–H groups in total. The van der Waals surface area contributed by atoms with Crippen molar-refractivity contribution in [3.05, 3.63) is 42.0 Å². The quantitative estimate of drug-likeness (QED) is 0.399. The predicted octanol–water partition coefficient (Wildman–Crippen LogP) is 4.19. The average molecular weight is 545 g/mol. The molecular formula is C26H32N4O5S2. The molecule has 3 aromatic rings. The Labute approximate surface area is 221 Å². The standard InChI is InChI=1S/C26H32N4O5S2/c1-3-28(4-2)14-15-30(26-27-21-16-22-23(35-18-34-22)17-24(21)36-26)25(31)19-8-10-20(11-9-19)37(32,33)29-12-6-5-7-13-29/h8-11,16-17H,3-7,12-15,18H2,1-2H3. The number of ether oxygens (including phenoxy) is 2. The van der Waals surface area contributed by atoms with Gasteiger partial charge in [-0.25, -0.2) is 13.4 Å². The number of sulfonamides is 1. The van der Waals surface area contributed by atoms with Crippen molar-refractivity contribution in [2.45, 2.75) is 38.0 Å². The molecule has 1 fully saturated rings. The minimum absolute atomic E-state index is 0.192. The first kappa shape index (κ1) is 25.9. The minimum Gasteiger partial charge on any atom is -0.454 e. The number of piperidine rings is 1. The van der Waals surface area contributed by atoms with Crippen molar-refractivity contribution < 1.29 is 22.7 Å². The summed E-state index contributed by atoms with van der Waals surface area (Å²) in [6.45, 7) is 8.37. The third kappa shape index (κ3) is 5.31. The fraction of sp³-hybridized carbons (Fsp3) is 0.462. The van der Waals surface area contributed by atoms with Gasteiger partial charge in [-0.05, 0) is 50.2 Å². The van der Waals surface area contributed by atoms with Crippen LogP contribution in [-0.2, 0) is 10.0 Å². The highest BCUT2D eigenvalue weighted by Gasteiger charge is 2.27. The van der Waals surface area contributed by atoms with E-state index in [9.17, 15) is 13.2 Å². The van der Waals surface area contributed by atoms with Gasteiger partial charge in [-0.1, -0.05) is 31.6 Å². The monoisotopic (exact) mass is 544 g/mol. The van der Waals surface area contributed by atoms with Gasteiger partial charge in [0.15, 0.2) is 16.6 Å². The van der Waals surface area contributed by atoms with E-state index in [-0.39, 0.29) is 17.6 Å². The average Bonchev–Trinajstić information content (AvgIpc) is 3.56. The van der Waals surface area contributed by atoms with E-state index in [2.05, 4.69) is 18.7 Å². The molecule has 0 atom stereocenters. The lowest BCUT2D eigenvalue weighted by Crippen LogP contribution is -2.39. The van der Waals surface area contributed by atoms with Gasteiger partial charge in [-0.3, -0.25) is 9.69 Å². The van der Waals surface area contributed by atoms with Crippen molar-refractivity contribution in [1.29, 1.82) is 0 Å². The molecule has 1 amide bonds. The number of hydrogen-bond donors (Lipinski definition) is 0. The first-order valence-electron chi connectivity index (χ1n) is 12.8. The summed E-state index contributed by atoms with van der Waals surface area (Å²) >= 11 is 1.42. The highest BCUT2D eigenvalue weighted by Crippen LogP contribution is 2.40. The molecule has 5 rings (SSSR count). The number of nitrogens with zero attached hydrogens (tertiary/aromatic N) is 4. The van der Waals surface area contributed by atoms with E-state index >= 15 is 0 Å². The van der Waals surface area contributed by atoms with Crippen LogP contribution in [0.25, 0.3) is 10.2 Å². The van der Waals surface area contributed by atoms with Crippen LogP contribution in [0, 0.1) is 0 Å². The summed E-state index contributed by atoms with van der Waals surface area (Å²) in [6, 6.07) is 10.0. The summed E-state index contributed by atoms with van der Waals surface area (Å²) < 4.78 is 39.5. The van der Waals surface area contributed by atoms with E-state index in [4.69, 9.17) is 14.5 Å². The van der Waals surface area contributed by atoms with Gasteiger partial charge in [0, 0.05) is 43.9 Å². The Hall–Kier alpha value is -2.73. The van der Waals surface area contributed by atoms with Crippen LogP contribution in [0.15, 0.2) is 41.3 Å². The van der Waals surface area contributed by atoms with Gasteiger partial charge in [-0.15, -0.1) is 0 Å². The van der Waals surface area contributed by atoms with Crippen LogP contribution in [0.2, 0.25) is 0 Å². The number of hydrogen-bond acceptors (Lipinski definition) is 8. The number of benzene rings is 2. The van der Waals surface area contributed by atoms with E-state index in [1.165, 1.54) is 27.8 Å². The lowest BCUT2D eigenvalue weighted by molar-refractivity contribution is 0.0983. The maximum absolute atomic E-state index is 13.7. The third-order valence-corrected chi connectivity index (χ3v) is 9.89. The number of anilines is 1. The lowest BCUT2D eigenvalue weighted by atomic mass is 10.2. The van der Waals surface area contributed by atoms with Crippen molar-refractivity contribution in [2.24, 2.45) is 0 Å². The van der Waals surface area contributed by atoms with Gasteiger partial charge >= 0.3 is 0 Å². The van der Waals surface area contributed by atoms with Gasteiger partial charge in [-0.2, -0.15) is 4.31 Å². The summed E-state index contributed by atoms with van der Waals surface area (Å²) in [5.41, 5.74) is 1.17. The predicted molar refractivity (Wildman–Crippen MR) is 144 cm³/mol. The van der Waals surface area contributed by atoms with Crippen molar-refractivity contribution in [3.63, 3.8) is 0 Å². The van der Waals surface area contributed by atoms with Crippen LogP contribution >= 0.6 is 11.3 Å². The van der Waals surface area contributed by atoms with Crippen LogP contribution in [0.1, 0.15) is 43.5 Å². The lowest BCUT2D eigenvalue weighted by Gasteiger charge is -2.26. The zero-order valence-corrected chi connectivity index (χ0v) is 22.8. The summed E-state index contributed by atoms with van der Waals surface area (Å²) in [6.07, 6.45) is 2.80. The molecule has 2 aliphatic heterocycles. The summed E-state index contributed by atoms with van der Waals surface area (Å²) in [5, 5.41) is 0.584. The largest absolute Gasteiger partial charge is 0.454 e. The summed E-state index contributed by atoms with van der Waals surface area (Å²) in [7, 11) is -3.56. The number of likely N-dealkylation sites (N-methyl/N-ethyl adjacent to an activating group) is 1. The van der Waals surface area contributed by atoms with E-state index in [0.29, 0.717) is 48.4 Å². The van der Waals surface area contributed by atoms with Crippen LogP contribution in [-0.4, -0.2) is 74.6 Å². The Morgan fingerprint density at radius 3 is 2.35 bits per heavy atom. The van der Waals surface area contributed by atoms with Crippen LogP contribution in [0.4, 0.5) is 5.13 Å². The zero-order chi connectivity index (χ0) is 26.0. The van der Waals surface area contributed by atoms with E-state index < -0.39 is 10.0 Å². The molecule has 0 saturated carbocycles. The van der Waals surface area contributed by atoms with E-state index in [1.54, 1.807) is 17.0 Å². The molecule has 0 spiro atoms. The molecule has 37 heavy (non-hydrogen) atoms. The molecule has 11 heteroatoms. The number of rotatable bonds is 9. The van der Waals surface area contributed by atoms with Crippen molar-refractivity contribution in [2.75, 3.05) is 51.0 Å². The Morgan fingerprint density at radius 1 is 1.00 bits per heavy atom. The van der Waals surface area contributed by atoms with Crippen molar-refractivity contribution in [3.8, 4) is 11.5 Å². The molecule has 198 valence electrons. The fourth-order valence-electron chi connectivity index (χ4n) is 4.67. The number of carbonyl (C=O) groups is 1. The highest BCUT2D eigenvalue weighted by atomic mass is 32.2. The van der Waals surface area contributed by atoms with Gasteiger partial charge in [0.05, 0.1) is 15.1 Å². The molecule has 0 unspecified atom stereocenters. The van der Waals surface area contributed by atoms with Gasteiger partial charge in [0.25, 0.3) is 5.91 Å². The SMILES string of the molecule is CCN(CC)CCN(C(=O)c1ccc(S(=O)(=O)N2CCCCC2)cc1)c1nc2cc3c(cc2s1)OCO3. The number of aromatic nitrogens is 1. The first-order chi connectivity index (χ1) is 17.9. The smallest absolute Gasteiger partial charge is 0.260 e. The molecule has 0 radical (unpaired) electrons. The number of carbonyl (C=O) groups excluding carboxylic acids is 1. The summed E-state index contributed by atoms with van der Waals surface area (Å²) in [4.78, 5) is 22.6. The molecule has 0 bridgehead atoms.